The topological polar surface area (TPSA) is 73.2 Å². The second-order valence-electron chi connectivity index (χ2n) is 7.53. The zero-order chi connectivity index (χ0) is 21.8. The van der Waals surface area contributed by atoms with Gasteiger partial charge < -0.3 is 10.1 Å². The standard InChI is InChI=1S/C23H21ClFN3O3/c24-19-5-2-1-4-16(19)14-28-20(10-13-26-28)27-21(29)15-31-22(30)23(11-3-12-23)17-6-8-18(25)9-7-17/h1-2,4-10,13H,3,11-12,14-15H2,(H,27,29). The minimum Gasteiger partial charge on any atom is -0.455 e. The maximum atomic E-state index is 13.2. The molecule has 31 heavy (non-hydrogen) atoms. The molecule has 0 unspecified atom stereocenters. The number of hydrogen-bond acceptors (Lipinski definition) is 4. The number of rotatable bonds is 7. The lowest BCUT2D eigenvalue weighted by Gasteiger charge is -2.39. The largest absolute Gasteiger partial charge is 0.455 e. The van der Waals surface area contributed by atoms with Gasteiger partial charge in [-0.1, -0.05) is 48.4 Å². The van der Waals surface area contributed by atoms with Crippen LogP contribution in [0.2, 0.25) is 5.02 Å². The third-order valence-electron chi connectivity index (χ3n) is 5.59. The second kappa shape index (κ2) is 8.89. The van der Waals surface area contributed by atoms with Crippen molar-refractivity contribution < 1.29 is 18.7 Å². The van der Waals surface area contributed by atoms with Crippen LogP contribution in [-0.4, -0.2) is 28.3 Å². The van der Waals surface area contributed by atoms with Crippen molar-refractivity contribution in [3.63, 3.8) is 0 Å². The summed E-state index contributed by atoms with van der Waals surface area (Å²) < 4.78 is 20.2. The Morgan fingerprint density at radius 2 is 1.87 bits per heavy atom. The summed E-state index contributed by atoms with van der Waals surface area (Å²) in [6, 6.07) is 14.9. The molecule has 1 N–H and O–H groups in total. The molecule has 0 atom stereocenters. The lowest BCUT2D eigenvalue weighted by molar-refractivity contribution is -0.156. The first-order valence-electron chi connectivity index (χ1n) is 9.96. The van der Waals surface area contributed by atoms with Crippen LogP contribution in [0.25, 0.3) is 0 Å². The van der Waals surface area contributed by atoms with Crippen molar-refractivity contribution in [2.24, 2.45) is 0 Å². The number of halogens is 2. The van der Waals surface area contributed by atoms with Gasteiger partial charge in [0, 0.05) is 11.1 Å². The van der Waals surface area contributed by atoms with Gasteiger partial charge in [-0.3, -0.25) is 9.59 Å². The smallest absolute Gasteiger partial charge is 0.317 e. The Kier molecular flexibility index (Phi) is 6.04. The molecule has 160 valence electrons. The first-order chi connectivity index (χ1) is 15.0. The molecule has 1 saturated carbocycles. The summed E-state index contributed by atoms with van der Waals surface area (Å²) in [5, 5.41) is 7.53. The lowest BCUT2D eigenvalue weighted by atomic mass is 9.64. The number of esters is 1. The van der Waals surface area contributed by atoms with Crippen molar-refractivity contribution in [1.82, 2.24) is 9.78 Å². The van der Waals surface area contributed by atoms with Gasteiger partial charge in [0.1, 0.15) is 11.6 Å². The number of benzene rings is 2. The van der Waals surface area contributed by atoms with Crippen molar-refractivity contribution >= 4 is 29.3 Å². The van der Waals surface area contributed by atoms with Crippen LogP contribution in [0.5, 0.6) is 0 Å². The molecule has 0 aliphatic heterocycles. The normalized spacial score (nSPS) is 14.5. The van der Waals surface area contributed by atoms with Gasteiger partial charge in [0.2, 0.25) is 0 Å². The Bertz CT molecular complexity index is 1090. The fourth-order valence-electron chi connectivity index (χ4n) is 3.71. The first kappa shape index (κ1) is 21.1. The number of amides is 1. The van der Waals surface area contributed by atoms with Crippen LogP contribution in [0.4, 0.5) is 10.2 Å². The highest BCUT2D eigenvalue weighted by molar-refractivity contribution is 6.31. The summed E-state index contributed by atoms with van der Waals surface area (Å²) in [5.41, 5.74) is 0.768. The zero-order valence-corrected chi connectivity index (χ0v) is 17.4. The molecule has 1 amide bonds. The maximum absolute atomic E-state index is 13.2. The quantitative estimate of drug-likeness (QED) is 0.554. The van der Waals surface area contributed by atoms with E-state index in [1.165, 1.54) is 12.1 Å². The minimum absolute atomic E-state index is 0.362. The SMILES string of the molecule is O=C(COC(=O)C1(c2ccc(F)cc2)CCC1)Nc1ccnn1Cc1ccccc1Cl. The molecule has 2 aromatic carbocycles. The minimum atomic E-state index is -0.806. The molecule has 4 rings (SSSR count). The highest BCUT2D eigenvalue weighted by Crippen LogP contribution is 2.44. The molecule has 6 nitrogen and oxygen atoms in total. The Hall–Kier alpha value is -3.19. The number of nitrogens with one attached hydrogen (secondary N) is 1. The average Bonchev–Trinajstić information content (AvgIpc) is 3.15. The number of ether oxygens (including phenoxy) is 1. The summed E-state index contributed by atoms with van der Waals surface area (Å²) in [4.78, 5) is 25.2. The van der Waals surface area contributed by atoms with Crippen LogP contribution in [0.15, 0.2) is 60.8 Å². The number of hydrogen-bond donors (Lipinski definition) is 1. The van der Waals surface area contributed by atoms with E-state index in [0.29, 0.717) is 35.8 Å². The summed E-state index contributed by atoms with van der Waals surface area (Å²) in [6.07, 6.45) is 3.67. The van der Waals surface area contributed by atoms with E-state index in [1.54, 1.807) is 35.1 Å². The number of carbonyl (C=O) groups is 2. The predicted octanol–water partition coefficient (Wildman–Crippen LogP) is 4.33. The van der Waals surface area contributed by atoms with E-state index in [0.717, 1.165) is 12.0 Å². The number of anilines is 1. The molecule has 1 aliphatic carbocycles. The van der Waals surface area contributed by atoms with E-state index in [2.05, 4.69) is 10.4 Å². The third-order valence-corrected chi connectivity index (χ3v) is 5.96. The van der Waals surface area contributed by atoms with Gasteiger partial charge in [0.05, 0.1) is 18.2 Å². The molecular formula is C23H21ClFN3O3. The number of carbonyl (C=O) groups excluding carboxylic acids is 2. The molecule has 8 heteroatoms. The summed E-state index contributed by atoms with van der Waals surface area (Å²) in [7, 11) is 0. The van der Waals surface area contributed by atoms with Gasteiger partial charge in [-0.25, -0.2) is 9.07 Å². The Morgan fingerprint density at radius 1 is 1.13 bits per heavy atom. The second-order valence-corrected chi connectivity index (χ2v) is 7.94. The van der Waals surface area contributed by atoms with Crippen LogP contribution in [-0.2, 0) is 26.3 Å². The molecule has 1 aliphatic rings. The average molecular weight is 442 g/mol. The molecule has 3 aromatic rings. The van der Waals surface area contributed by atoms with E-state index >= 15 is 0 Å². The maximum Gasteiger partial charge on any atom is 0.317 e. The van der Waals surface area contributed by atoms with Gasteiger partial charge in [-0.05, 0) is 42.2 Å². The number of aromatic nitrogens is 2. The van der Waals surface area contributed by atoms with Gasteiger partial charge in [0.15, 0.2) is 6.61 Å². The van der Waals surface area contributed by atoms with E-state index in [4.69, 9.17) is 16.3 Å². The molecule has 1 aromatic heterocycles. The van der Waals surface area contributed by atoms with Crippen LogP contribution in [0.3, 0.4) is 0 Å². The van der Waals surface area contributed by atoms with E-state index in [-0.39, 0.29) is 5.82 Å². The van der Waals surface area contributed by atoms with Crippen molar-refractivity contribution in [2.45, 2.75) is 31.2 Å². The highest BCUT2D eigenvalue weighted by Gasteiger charge is 2.47. The number of nitrogens with zero attached hydrogens (tertiary/aromatic N) is 2. The van der Waals surface area contributed by atoms with Crippen molar-refractivity contribution in [3.05, 3.63) is 82.8 Å². The predicted molar refractivity (Wildman–Crippen MR) is 114 cm³/mol. The zero-order valence-electron chi connectivity index (χ0n) is 16.7. The molecule has 0 radical (unpaired) electrons. The first-order valence-corrected chi connectivity index (χ1v) is 10.3. The van der Waals surface area contributed by atoms with Crippen molar-refractivity contribution in [1.29, 1.82) is 0 Å². The van der Waals surface area contributed by atoms with Gasteiger partial charge in [0.25, 0.3) is 5.91 Å². The van der Waals surface area contributed by atoms with Crippen LogP contribution in [0.1, 0.15) is 30.4 Å². The third kappa shape index (κ3) is 4.46. The van der Waals surface area contributed by atoms with Crippen molar-refractivity contribution in [2.75, 3.05) is 11.9 Å². The van der Waals surface area contributed by atoms with Gasteiger partial charge in [-0.2, -0.15) is 5.10 Å². The van der Waals surface area contributed by atoms with Crippen LogP contribution >= 0.6 is 11.6 Å². The molecule has 1 heterocycles. The summed E-state index contributed by atoms with van der Waals surface area (Å²) in [6.45, 7) is -0.0329. The van der Waals surface area contributed by atoms with Crippen LogP contribution in [0, 0.1) is 5.82 Å². The Morgan fingerprint density at radius 3 is 2.55 bits per heavy atom. The van der Waals surface area contributed by atoms with Gasteiger partial charge in [-0.15, -0.1) is 0 Å². The van der Waals surface area contributed by atoms with Crippen LogP contribution < -0.4 is 5.32 Å². The fraction of sp³-hybridized carbons (Fsp3) is 0.261. The Balaban J connectivity index is 1.37. The van der Waals surface area contributed by atoms with E-state index < -0.39 is 23.9 Å². The van der Waals surface area contributed by atoms with Gasteiger partial charge >= 0.3 is 5.97 Å². The molecular weight excluding hydrogens is 421 g/mol. The molecule has 0 spiro atoms. The lowest BCUT2D eigenvalue weighted by Crippen LogP contribution is -2.44. The van der Waals surface area contributed by atoms with E-state index in [1.807, 2.05) is 18.2 Å². The molecule has 0 bridgehead atoms. The highest BCUT2D eigenvalue weighted by atomic mass is 35.5. The van der Waals surface area contributed by atoms with E-state index in [9.17, 15) is 14.0 Å². The fourth-order valence-corrected chi connectivity index (χ4v) is 3.91. The molecule has 0 saturated heterocycles. The molecule has 1 fully saturated rings. The summed E-state index contributed by atoms with van der Waals surface area (Å²) in [5.74, 6) is -0.829. The summed E-state index contributed by atoms with van der Waals surface area (Å²) >= 11 is 6.20. The monoisotopic (exact) mass is 441 g/mol. The van der Waals surface area contributed by atoms with Crippen molar-refractivity contribution in [3.8, 4) is 0 Å². The Labute approximate surface area is 184 Å².